The molecule has 5 atom stereocenters. The van der Waals surface area contributed by atoms with Crippen LogP contribution in [0.1, 0.15) is 45.2 Å². The SMILES string of the molecule is CSc1nc(=O)c(/C=C/c2ccccc2)nn1[C@@H]1O[C@H](COC(C)=O)[C@@H](OC(C)=O)[C@H](OC(C)=O)[C@H]1OC(C)=O. The average molecular weight is 576 g/mol. The van der Waals surface area contributed by atoms with E-state index in [0.29, 0.717) is 0 Å². The molecule has 13 nitrogen and oxygen atoms in total. The molecule has 0 radical (unpaired) electrons. The quantitative estimate of drug-likeness (QED) is 0.242. The standard InChI is InChI=1S/C26H29N3O10S/c1-14(30)35-13-20-21(36-15(2)31)22(37-16(3)32)23(38-17(4)33)25(39-20)29-26(40-5)27-24(34)19(28-29)12-11-18-9-7-6-8-10-18/h6-12,20-23,25H,13H2,1-5H3/b12-11+/t20-,21-,22+,23-,25-/m1/s1. The number of benzene rings is 1. The van der Waals surface area contributed by atoms with Crippen molar-refractivity contribution in [3.63, 3.8) is 0 Å². The number of hydrogen-bond donors (Lipinski definition) is 0. The topological polar surface area (TPSA) is 162 Å². The van der Waals surface area contributed by atoms with E-state index in [9.17, 15) is 24.0 Å². The summed E-state index contributed by atoms with van der Waals surface area (Å²) < 4.78 is 28.9. The molecular formula is C26H29N3O10S. The molecule has 0 unspecified atom stereocenters. The predicted molar refractivity (Wildman–Crippen MR) is 141 cm³/mol. The second-order valence-electron chi connectivity index (χ2n) is 8.57. The van der Waals surface area contributed by atoms with E-state index in [1.54, 1.807) is 12.3 Å². The van der Waals surface area contributed by atoms with Crippen LogP contribution in [0.15, 0.2) is 40.3 Å². The van der Waals surface area contributed by atoms with Gasteiger partial charge in [0.15, 0.2) is 35.4 Å². The summed E-state index contributed by atoms with van der Waals surface area (Å²) in [7, 11) is 0. The minimum absolute atomic E-state index is 0.0606. The van der Waals surface area contributed by atoms with Crippen LogP contribution in [0, 0.1) is 0 Å². The van der Waals surface area contributed by atoms with Crippen molar-refractivity contribution in [2.75, 3.05) is 12.9 Å². The predicted octanol–water partition coefficient (Wildman–Crippen LogP) is 1.79. The van der Waals surface area contributed by atoms with Gasteiger partial charge in [-0.25, -0.2) is 4.68 Å². The molecule has 0 spiro atoms. The van der Waals surface area contributed by atoms with Crippen LogP contribution in [0.3, 0.4) is 0 Å². The summed E-state index contributed by atoms with van der Waals surface area (Å²) in [5.74, 6) is -2.93. The fourth-order valence-electron chi connectivity index (χ4n) is 3.95. The van der Waals surface area contributed by atoms with E-state index in [1.165, 1.54) is 17.7 Å². The molecule has 0 saturated carbocycles. The fraction of sp³-hybridized carbons (Fsp3) is 0.423. The Hall–Kier alpha value is -4.04. The molecule has 1 aliphatic heterocycles. The zero-order valence-corrected chi connectivity index (χ0v) is 23.3. The summed E-state index contributed by atoms with van der Waals surface area (Å²) in [6, 6.07) is 9.17. The molecule has 0 bridgehead atoms. The number of ether oxygens (including phenoxy) is 5. The highest BCUT2D eigenvalue weighted by Crippen LogP contribution is 2.35. The van der Waals surface area contributed by atoms with Gasteiger partial charge in [-0.2, -0.15) is 10.1 Å². The Bertz CT molecular complexity index is 1330. The highest BCUT2D eigenvalue weighted by Gasteiger charge is 2.53. The molecule has 1 aliphatic rings. The minimum atomic E-state index is -1.41. The first-order valence-electron chi connectivity index (χ1n) is 12.1. The van der Waals surface area contributed by atoms with Crippen molar-refractivity contribution in [2.45, 2.75) is 63.5 Å². The molecule has 14 heteroatoms. The van der Waals surface area contributed by atoms with Gasteiger partial charge < -0.3 is 23.7 Å². The molecule has 3 rings (SSSR count). The molecule has 40 heavy (non-hydrogen) atoms. The van der Waals surface area contributed by atoms with Gasteiger partial charge in [-0.15, -0.1) is 0 Å². The maximum absolute atomic E-state index is 12.8. The summed E-state index contributed by atoms with van der Waals surface area (Å²) in [5, 5.41) is 4.52. The van der Waals surface area contributed by atoms with Gasteiger partial charge in [0.05, 0.1) is 0 Å². The molecule has 1 aromatic carbocycles. The molecule has 0 amide bonds. The van der Waals surface area contributed by atoms with E-state index < -0.39 is 66.7 Å². The number of esters is 4. The normalized spacial score (nSPS) is 22.4. The van der Waals surface area contributed by atoms with Crippen LogP contribution < -0.4 is 5.56 Å². The van der Waals surface area contributed by atoms with Crippen molar-refractivity contribution in [1.82, 2.24) is 14.8 Å². The maximum atomic E-state index is 12.8. The third-order valence-corrected chi connectivity index (χ3v) is 6.09. The lowest BCUT2D eigenvalue weighted by molar-refractivity contribution is -0.272. The van der Waals surface area contributed by atoms with E-state index >= 15 is 0 Å². The third-order valence-electron chi connectivity index (χ3n) is 5.45. The van der Waals surface area contributed by atoms with Crippen LogP contribution in [0.5, 0.6) is 0 Å². The highest BCUT2D eigenvalue weighted by atomic mass is 32.2. The Balaban J connectivity index is 2.17. The second-order valence-corrected chi connectivity index (χ2v) is 9.34. The van der Waals surface area contributed by atoms with E-state index in [2.05, 4.69) is 10.1 Å². The second kappa shape index (κ2) is 13.8. The third kappa shape index (κ3) is 7.99. The van der Waals surface area contributed by atoms with Crippen LogP contribution in [-0.4, -0.2) is 75.9 Å². The van der Waals surface area contributed by atoms with E-state index in [0.717, 1.165) is 38.1 Å². The lowest BCUT2D eigenvalue weighted by atomic mass is 9.97. The Morgan fingerprint density at radius 2 is 1.50 bits per heavy atom. The van der Waals surface area contributed by atoms with E-state index in [4.69, 9.17) is 23.7 Å². The molecule has 214 valence electrons. The maximum Gasteiger partial charge on any atom is 0.303 e. The summed E-state index contributed by atoms with van der Waals surface area (Å²) in [6.07, 6.45) is -1.89. The Morgan fingerprint density at radius 1 is 0.900 bits per heavy atom. The van der Waals surface area contributed by atoms with Crippen LogP contribution in [-0.2, 0) is 42.9 Å². The molecular weight excluding hydrogens is 546 g/mol. The van der Waals surface area contributed by atoms with Crippen molar-refractivity contribution in [3.8, 4) is 0 Å². The van der Waals surface area contributed by atoms with Crippen molar-refractivity contribution < 1.29 is 42.9 Å². The van der Waals surface area contributed by atoms with Gasteiger partial charge >= 0.3 is 23.9 Å². The zero-order chi connectivity index (χ0) is 29.4. The van der Waals surface area contributed by atoms with Gasteiger partial charge in [0, 0.05) is 27.7 Å². The van der Waals surface area contributed by atoms with Gasteiger partial charge in [0.2, 0.25) is 0 Å². The largest absolute Gasteiger partial charge is 0.463 e. The minimum Gasteiger partial charge on any atom is -0.463 e. The summed E-state index contributed by atoms with van der Waals surface area (Å²) in [5.41, 5.74) is 0.115. The van der Waals surface area contributed by atoms with E-state index in [-0.39, 0.29) is 10.9 Å². The Labute approximate surface area is 233 Å². The van der Waals surface area contributed by atoms with Crippen molar-refractivity contribution in [3.05, 3.63) is 51.9 Å². The fourth-order valence-corrected chi connectivity index (χ4v) is 4.45. The van der Waals surface area contributed by atoms with Gasteiger partial charge in [-0.3, -0.25) is 24.0 Å². The van der Waals surface area contributed by atoms with Crippen molar-refractivity contribution >= 4 is 47.8 Å². The van der Waals surface area contributed by atoms with Gasteiger partial charge in [0.1, 0.15) is 12.7 Å². The van der Waals surface area contributed by atoms with Gasteiger partial charge in [-0.05, 0) is 17.9 Å². The first-order valence-corrected chi connectivity index (χ1v) is 13.3. The number of aromatic nitrogens is 3. The highest BCUT2D eigenvalue weighted by molar-refractivity contribution is 7.98. The smallest absolute Gasteiger partial charge is 0.303 e. The molecule has 1 aromatic heterocycles. The van der Waals surface area contributed by atoms with Crippen molar-refractivity contribution in [2.24, 2.45) is 0 Å². The zero-order valence-electron chi connectivity index (χ0n) is 22.5. The average Bonchev–Trinajstić information content (AvgIpc) is 2.89. The summed E-state index contributed by atoms with van der Waals surface area (Å²) >= 11 is 1.06. The number of nitrogens with zero attached hydrogens (tertiary/aromatic N) is 3. The van der Waals surface area contributed by atoms with Crippen LogP contribution in [0.25, 0.3) is 12.2 Å². The van der Waals surface area contributed by atoms with Crippen molar-refractivity contribution in [1.29, 1.82) is 0 Å². The lowest BCUT2D eigenvalue weighted by Gasteiger charge is -2.44. The number of rotatable bonds is 9. The molecule has 0 N–H and O–H groups in total. The van der Waals surface area contributed by atoms with Crippen LogP contribution in [0.2, 0.25) is 0 Å². The molecule has 2 aromatic rings. The molecule has 0 aliphatic carbocycles. The Morgan fingerprint density at radius 3 is 2.08 bits per heavy atom. The number of hydrogen-bond acceptors (Lipinski definition) is 13. The summed E-state index contributed by atoms with van der Waals surface area (Å²) in [6.45, 7) is 4.16. The molecule has 1 saturated heterocycles. The Kier molecular flexibility index (Phi) is 10.6. The lowest BCUT2D eigenvalue weighted by Crippen LogP contribution is -2.61. The number of carbonyl (C=O) groups excluding carboxylic acids is 4. The van der Waals surface area contributed by atoms with Crippen LogP contribution in [0.4, 0.5) is 0 Å². The van der Waals surface area contributed by atoms with Crippen LogP contribution >= 0.6 is 11.8 Å². The summed E-state index contributed by atoms with van der Waals surface area (Å²) in [4.78, 5) is 64.7. The van der Waals surface area contributed by atoms with Gasteiger partial charge in [0.25, 0.3) is 5.56 Å². The first-order chi connectivity index (χ1) is 19.0. The molecule has 2 heterocycles. The molecule has 1 fully saturated rings. The number of carbonyl (C=O) groups is 4. The van der Waals surface area contributed by atoms with Gasteiger partial charge in [-0.1, -0.05) is 48.2 Å². The first kappa shape index (κ1) is 30.5. The monoisotopic (exact) mass is 575 g/mol. The number of thioether (sulfide) groups is 1. The van der Waals surface area contributed by atoms with E-state index in [1.807, 2.05) is 30.3 Å².